The minimum Gasteiger partial charge on any atom is -0.457 e. The molecule has 0 bridgehead atoms. The van der Waals surface area contributed by atoms with Crippen molar-refractivity contribution in [3.05, 3.63) is 120 Å². The summed E-state index contributed by atoms with van der Waals surface area (Å²) in [5.74, 6) is 1.04. The van der Waals surface area contributed by atoms with E-state index in [9.17, 15) is 13.2 Å². The van der Waals surface area contributed by atoms with Crippen LogP contribution in [-0.4, -0.2) is 38.0 Å². The van der Waals surface area contributed by atoms with E-state index in [-0.39, 0.29) is 16.8 Å². The van der Waals surface area contributed by atoms with Crippen LogP contribution in [0.3, 0.4) is 0 Å². The molecule has 0 spiro atoms. The fourth-order valence-electron chi connectivity index (χ4n) is 4.13. The summed E-state index contributed by atoms with van der Waals surface area (Å²) >= 11 is 0. The lowest BCUT2D eigenvalue weighted by Gasteiger charge is -2.16. The van der Waals surface area contributed by atoms with E-state index < -0.39 is 9.84 Å². The molecule has 0 aliphatic carbocycles. The van der Waals surface area contributed by atoms with Gasteiger partial charge in [0.05, 0.1) is 17.2 Å². The lowest BCUT2D eigenvalue weighted by molar-refractivity contribution is 0.218. The number of carbonyl (C=O) groups is 1. The number of hydrazone groups is 1. The van der Waals surface area contributed by atoms with Crippen LogP contribution in [0.15, 0.2) is 119 Å². The number of anilines is 1. The summed E-state index contributed by atoms with van der Waals surface area (Å²) in [4.78, 5) is 13.3. The number of benzene rings is 4. The van der Waals surface area contributed by atoms with Gasteiger partial charge in [-0.1, -0.05) is 60.7 Å². The highest BCUT2D eigenvalue weighted by molar-refractivity contribution is 7.90. The fourth-order valence-corrected chi connectivity index (χ4v) is 4.76. The monoisotopic (exact) mass is 511 g/mol. The molecular formula is C29H25N3O4S. The minimum absolute atomic E-state index is 0.0285. The van der Waals surface area contributed by atoms with Gasteiger partial charge in [-0.2, -0.15) is 5.10 Å². The Morgan fingerprint density at radius 3 is 2.00 bits per heavy atom. The number of ether oxygens (including phenoxy) is 1. The summed E-state index contributed by atoms with van der Waals surface area (Å²) in [5.41, 5.74) is 3.54. The summed E-state index contributed by atoms with van der Waals surface area (Å²) < 4.78 is 29.0. The van der Waals surface area contributed by atoms with E-state index in [0.29, 0.717) is 23.7 Å². The topological polar surface area (TPSA) is 88.1 Å². The predicted octanol–water partition coefficient (Wildman–Crippen LogP) is 5.92. The first-order chi connectivity index (χ1) is 17.9. The van der Waals surface area contributed by atoms with E-state index in [0.717, 1.165) is 23.1 Å². The Labute approximate surface area is 215 Å². The smallest absolute Gasteiger partial charge is 0.342 e. The summed E-state index contributed by atoms with van der Waals surface area (Å²) in [6.45, 7) is 0.435. The van der Waals surface area contributed by atoms with Gasteiger partial charge in [-0.15, -0.1) is 0 Å². The van der Waals surface area contributed by atoms with Crippen LogP contribution in [0, 0.1) is 0 Å². The molecule has 1 aliphatic heterocycles. The van der Waals surface area contributed by atoms with Gasteiger partial charge < -0.3 is 10.1 Å². The third-order valence-corrected chi connectivity index (χ3v) is 7.14. The van der Waals surface area contributed by atoms with Gasteiger partial charge in [0.1, 0.15) is 11.5 Å². The maximum atomic E-state index is 13.1. The second-order valence-corrected chi connectivity index (χ2v) is 10.7. The number of hydrogen-bond donors (Lipinski definition) is 1. The standard InChI is InChI=1S/C29H25N3O4S/c1-37(34,35)26-18-16-25(17-19-26)36-24-14-12-23(13-15-24)30-29(33)32-20-27(21-8-4-2-5-9-21)28(31-32)22-10-6-3-7-11-22/h2-19,27H,20H2,1H3,(H,30,33). The van der Waals surface area contributed by atoms with Crippen molar-refractivity contribution in [2.24, 2.45) is 5.10 Å². The van der Waals surface area contributed by atoms with Crippen molar-refractivity contribution in [2.75, 3.05) is 18.1 Å². The van der Waals surface area contributed by atoms with Gasteiger partial charge in [-0.05, 0) is 59.7 Å². The molecule has 1 atom stereocenters. The first kappa shape index (κ1) is 24.3. The molecule has 0 saturated heterocycles. The second kappa shape index (κ2) is 10.3. The number of hydrogen-bond acceptors (Lipinski definition) is 5. The van der Waals surface area contributed by atoms with Crippen LogP contribution in [0.25, 0.3) is 0 Å². The van der Waals surface area contributed by atoms with Gasteiger partial charge in [0.15, 0.2) is 9.84 Å². The van der Waals surface area contributed by atoms with Gasteiger partial charge in [0, 0.05) is 17.9 Å². The highest BCUT2D eigenvalue weighted by Gasteiger charge is 2.32. The van der Waals surface area contributed by atoms with Crippen LogP contribution in [-0.2, 0) is 9.84 Å². The molecule has 0 fully saturated rings. The highest BCUT2D eigenvalue weighted by atomic mass is 32.2. The number of amides is 2. The molecule has 1 unspecified atom stereocenters. The molecule has 1 aliphatic rings. The Morgan fingerprint density at radius 2 is 1.41 bits per heavy atom. The summed E-state index contributed by atoms with van der Waals surface area (Å²) in [6.07, 6.45) is 1.16. The number of sulfone groups is 1. The minimum atomic E-state index is -3.26. The Balaban J connectivity index is 1.27. The third kappa shape index (κ3) is 5.70. The zero-order valence-corrected chi connectivity index (χ0v) is 20.9. The molecule has 8 heteroatoms. The number of urea groups is 1. The molecule has 0 radical (unpaired) electrons. The van der Waals surface area contributed by atoms with Crippen molar-refractivity contribution < 1.29 is 17.9 Å². The molecule has 1 N–H and O–H groups in total. The van der Waals surface area contributed by atoms with Crippen LogP contribution in [0.4, 0.5) is 10.5 Å². The third-order valence-electron chi connectivity index (χ3n) is 6.01. The molecule has 4 aromatic carbocycles. The van der Waals surface area contributed by atoms with Gasteiger partial charge in [-0.3, -0.25) is 0 Å². The summed E-state index contributed by atoms with van der Waals surface area (Å²) in [6, 6.07) is 32.8. The lowest BCUT2D eigenvalue weighted by atomic mass is 9.91. The van der Waals surface area contributed by atoms with E-state index >= 15 is 0 Å². The van der Waals surface area contributed by atoms with Crippen LogP contribution in [0.5, 0.6) is 11.5 Å². The molecule has 4 aromatic rings. The largest absolute Gasteiger partial charge is 0.457 e. The zero-order valence-electron chi connectivity index (χ0n) is 20.1. The van der Waals surface area contributed by atoms with Gasteiger partial charge in [-0.25, -0.2) is 18.2 Å². The van der Waals surface area contributed by atoms with E-state index in [1.165, 1.54) is 17.1 Å². The van der Waals surface area contributed by atoms with Crippen molar-refractivity contribution in [1.82, 2.24) is 5.01 Å². The second-order valence-electron chi connectivity index (χ2n) is 8.70. The molecule has 2 amide bonds. The number of nitrogens with one attached hydrogen (secondary N) is 1. The predicted molar refractivity (Wildman–Crippen MR) is 144 cm³/mol. The summed E-state index contributed by atoms with van der Waals surface area (Å²) in [7, 11) is -3.26. The fraction of sp³-hybridized carbons (Fsp3) is 0.103. The van der Waals surface area contributed by atoms with Crippen LogP contribution in [0.1, 0.15) is 17.0 Å². The van der Waals surface area contributed by atoms with E-state index in [1.807, 2.05) is 48.5 Å². The van der Waals surface area contributed by atoms with E-state index in [2.05, 4.69) is 22.6 Å². The molecule has 0 aromatic heterocycles. The SMILES string of the molecule is CS(=O)(=O)c1ccc(Oc2ccc(NC(=O)N3CC(c4ccccc4)C(c4ccccc4)=N3)cc2)cc1. The van der Waals surface area contributed by atoms with Gasteiger partial charge in [0.2, 0.25) is 0 Å². The average Bonchev–Trinajstić information content (AvgIpc) is 3.37. The Hall–Kier alpha value is -4.43. The quantitative estimate of drug-likeness (QED) is 0.348. The normalized spacial score (nSPS) is 15.2. The molecule has 37 heavy (non-hydrogen) atoms. The molecule has 1 heterocycles. The Kier molecular flexibility index (Phi) is 6.74. The van der Waals surface area contributed by atoms with Crippen LogP contribution < -0.4 is 10.1 Å². The molecule has 0 saturated carbocycles. The van der Waals surface area contributed by atoms with Gasteiger partial charge in [0.25, 0.3) is 0 Å². The molecule has 186 valence electrons. The first-order valence-electron chi connectivity index (χ1n) is 11.7. The van der Waals surface area contributed by atoms with Crippen molar-refractivity contribution in [2.45, 2.75) is 10.8 Å². The van der Waals surface area contributed by atoms with Crippen molar-refractivity contribution >= 4 is 27.3 Å². The molecular weight excluding hydrogens is 486 g/mol. The molecule has 7 nitrogen and oxygen atoms in total. The maximum Gasteiger partial charge on any atom is 0.342 e. The lowest BCUT2D eigenvalue weighted by Crippen LogP contribution is -2.30. The summed E-state index contributed by atoms with van der Waals surface area (Å²) in [5, 5.41) is 9.05. The number of carbonyl (C=O) groups excluding carboxylic acids is 1. The van der Waals surface area contributed by atoms with Crippen molar-refractivity contribution in [1.29, 1.82) is 0 Å². The first-order valence-corrected chi connectivity index (χ1v) is 13.6. The highest BCUT2D eigenvalue weighted by Crippen LogP contribution is 2.30. The average molecular weight is 512 g/mol. The Morgan fingerprint density at radius 1 is 0.838 bits per heavy atom. The number of nitrogens with zero attached hydrogens (tertiary/aromatic N) is 2. The van der Waals surface area contributed by atoms with Crippen molar-refractivity contribution in [3.8, 4) is 11.5 Å². The van der Waals surface area contributed by atoms with E-state index in [4.69, 9.17) is 4.74 Å². The Bertz CT molecular complexity index is 1520. The zero-order chi connectivity index (χ0) is 25.8. The number of rotatable bonds is 6. The van der Waals surface area contributed by atoms with E-state index in [1.54, 1.807) is 36.4 Å². The molecule has 5 rings (SSSR count). The maximum absolute atomic E-state index is 13.1. The van der Waals surface area contributed by atoms with Gasteiger partial charge >= 0.3 is 6.03 Å². The van der Waals surface area contributed by atoms with Crippen molar-refractivity contribution in [3.63, 3.8) is 0 Å². The van der Waals surface area contributed by atoms with Crippen LogP contribution in [0.2, 0.25) is 0 Å². The van der Waals surface area contributed by atoms with Crippen LogP contribution >= 0.6 is 0 Å².